The lowest BCUT2D eigenvalue weighted by molar-refractivity contribution is -0.143. The lowest BCUT2D eigenvalue weighted by Crippen LogP contribution is -2.42. The molecule has 1 amide bonds. The van der Waals surface area contributed by atoms with Crippen LogP contribution in [0.2, 0.25) is 10.0 Å². The largest absolute Gasteiger partial charge is 0.364 e. The van der Waals surface area contributed by atoms with E-state index in [1.165, 1.54) is 0 Å². The summed E-state index contributed by atoms with van der Waals surface area (Å²) >= 11 is 12.3. The van der Waals surface area contributed by atoms with Crippen LogP contribution in [0.15, 0.2) is 12.1 Å². The van der Waals surface area contributed by atoms with Crippen LogP contribution in [0.5, 0.6) is 0 Å². The Morgan fingerprint density at radius 1 is 1.36 bits per heavy atom. The molecule has 22 heavy (non-hydrogen) atoms. The molecule has 2 atom stereocenters. The zero-order valence-electron chi connectivity index (χ0n) is 12.1. The van der Waals surface area contributed by atoms with Crippen molar-refractivity contribution in [3.63, 3.8) is 0 Å². The normalized spacial score (nSPS) is 23.9. The molecule has 1 aromatic rings. The highest BCUT2D eigenvalue weighted by molar-refractivity contribution is 6.42. The first-order valence-electron chi connectivity index (χ1n) is 7.20. The number of benzene rings is 1. The second-order valence-corrected chi connectivity index (χ2v) is 6.35. The standard InChI is InChI=1S/C15H18Cl2N2O2.ClH/c16-12-3-1-9-8-19(6-5-11(9)14(12)17)15(20)13-4-2-10(7-18)21-13;/h1,3,10,13H,2,4-8,18H2;1H/t10-,13+;/m1./s1. The van der Waals surface area contributed by atoms with Crippen molar-refractivity contribution in [1.82, 2.24) is 4.90 Å². The molecule has 0 unspecified atom stereocenters. The second kappa shape index (κ2) is 7.37. The SMILES string of the molecule is Cl.NC[C@H]1CC[C@@H](C(=O)N2CCc3c(ccc(Cl)c3Cl)C2)O1. The van der Waals surface area contributed by atoms with Crippen LogP contribution in [0.1, 0.15) is 24.0 Å². The van der Waals surface area contributed by atoms with Crippen molar-refractivity contribution >= 4 is 41.5 Å². The molecule has 2 aliphatic rings. The Morgan fingerprint density at radius 2 is 2.14 bits per heavy atom. The molecule has 0 spiro atoms. The topological polar surface area (TPSA) is 55.6 Å². The van der Waals surface area contributed by atoms with Gasteiger partial charge in [0.15, 0.2) is 0 Å². The van der Waals surface area contributed by atoms with E-state index in [0.717, 1.165) is 30.4 Å². The first-order chi connectivity index (χ1) is 10.1. The molecule has 0 aromatic heterocycles. The number of carbonyl (C=O) groups is 1. The molecule has 1 saturated heterocycles. The molecule has 4 nitrogen and oxygen atoms in total. The van der Waals surface area contributed by atoms with E-state index in [1.807, 2.05) is 11.0 Å². The number of hydrogen-bond donors (Lipinski definition) is 1. The van der Waals surface area contributed by atoms with E-state index in [-0.39, 0.29) is 30.5 Å². The summed E-state index contributed by atoms with van der Waals surface area (Å²) in [5.74, 6) is 0.0580. The predicted octanol–water partition coefficient (Wildman–Crippen LogP) is 2.81. The summed E-state index contributed by atoms with van der Waals surface area (Å²) in [6, 6.07) is 3.73. The highest BCUT2D eigenvalue weighted by Crippen LogP contribution is 2.33. The van der Waals surface area contributed by atoms with Crippen LogP contribution in [0.4, 0.5) is 0 Å². The maximum atomic E-state index is 12.5. The van der Waals surface area contributed by atoms with Crippen LogP contribution < -0.4 is 5.73 Å². The van der Waals surface area contributed by atoms with Crippen molar-refractivity contribution in [2.24, 2.45) is 5.73 Å². The summed E-state index contributed by atoms with van der Waals surface area (Å²) in [4.78, 5) is 14.4. The Bertz CT molecular complexity index is 568. The number of halogens is 3. The van der Waals surface area contributed by atoms with E-state index in [9.17, 15) is 4.79 Å². The highest BCUT2D eigenvalue weighted by Gasteiger charge is 2.34. The number of ether oxygens (including phenoxy) is 1. The van der Waals surface area contributed by atoms with Crippen LogP contribution in [0.3, 0.4) is 0 Å². The second-order valence-electron chi connectivity index (χ2n) is 5.57. The van der Waals surface area contributed by atoms with E-state index in [4.69, 9.17) is 33.7 Å². The molecule has 1 aromatic carbocycles. The predicted molar refractivity (Wildman–Crippen MR) is 89.8 cm³/mol. The molecular formula is C15H19Cl3N2O2. The van der Waals surface area contributed by atoms with Gasteiger partial charge in [0.05, 0.1) is 16.1 Å². The van der Waals surface area contributed by atoms with E-state index >= 15 is 0 Å². The number of rotatable bonds is 2. The van der Waals surface area contributed by atoms with Crippen LogP contribution >= 0.6 is 35.6 Å². The summed E-state index contributed by atoms with van der Waals surface area (Å²) < 4.78 is 5.69. The fourth-order valence-corrected chi connectivity index (χ4v) is 3.49. The summed E-state index contributed by atoms with van der Waals surface area (Å²) in [6.07, 6.45) is 2.02. The summed E-state index contributed by atoms with van der Waals surface area (Å²) in [5, 5.41) is 1.18. The minimum absolute atomic E-state index is 0. The number of nitrogens with two attached hydrogens (primary N) is 1. The molecule has 0 radical (unpaired) electrons. The highest BCUT2D eigenvalue weighted by atomic mass is 35.5. The maximum Gasteiger partial charge on any atom is 0.252 e. The Hall–Kier alpha value is -0.520. The summed E-state index contributed by atoms with van der Waals surface area (Å²) in [5.41, 5.74) is 7.71. The van der Waals surface area contributed by atoms with Crippen LogP contribution in [-0.2, 0) is 22.5 Å². The van der Waals surface area contributed by atoms with Gasteiger partial charge in [-0.15, -0.1) is 12.4 Å². The molecule has 0 bridgehead atoms. The van der Waals surface area contributed by atoms with Crippen LogP contribution in [0.25, 0.3) is 0 Å². The minimum atomic E-state index is -0.345. The smallest absolute Gasteiger partial charge is 0.252 e. The van der Waals surface area contributed by atoms with Gasteiger partial charge in [-0.05, 0) is 36.5 Å². The van der Waals surface area contributed by atoms with Crippen molar-refractivity contribution in [2.75, 3.05) is 13.1 Å². The molecule has 2 aliphatic heterocycles. The van der Waals surface area contributed by atoms with E-state index < -0.39 is 0 Å². The van der Waals surface area contributed by atoms with Crippen molar-refractivity contribution in [3.05, 3.63) is 33.3 Å². The first kappa shape index (κ1) is 17.8. The third kappa shape index (κ3) is 3.36. The maximum absolute atomic E-state index is 12.5. The van der Waals surface area contributed by atoms with Crippen LogP contribution in [-0.4, -0.2) is 36.1 Å². The van der Waals surface area contributed by atoms with Gasteiger partial charge in [-0.25, -0.2) is 0 Å². The fourth-order valence-electron chi connectivity index (χ4n) is 3.03. The number of fused-ring (bicyclic) bond motifs is 1. The van der Waals surface area contributed by atoms with Gasteiger partial charge in [-0.3, -0.25) is 4.79 Å². The molecule has 7 heteroatoms. The lowest BCUT2D eigenvalue weighted by atomic mass is 9.99. The van der Waals surface area contributed by atoms with Gasteiger partial charge in [0.2, 0.25) is 0 Å². The van der Waals surface area contributed by atoms with Gasteiger partial charge < -0.3 is 15.4 Å². The summed E-state index contributed by atoms with van der Waals surface area (Å²) in [6.45, 7) is 1.69. The zero-order valence-corrected chi connectivity index (χ0v) is 14.4. The average Bonchev–Trinajstić information content (AvgIpc) is 2.99. The fraction of sp³-hybridized carbons (Fsp3) is 0.533. The van der Waals surface area contributed by atoms with Gasteiger partial charge >= 0.3 is 0 Å². The third-order valence-corrected chi connectivity index (χ3v) is 5.09. The number of hydrogen-bond acceptors (Lipinski definition) is 3. The van der Waals surface area contributed by atoms with E-state index in [2.05, 4.69) is 0 Å². The van der Waals surface area contributed by atoms with Crippen molar-refractivity contribution < 1.29 is 9.53 Å². The van der Waals surface area contributed by atoms with Crippen molar-refractivity contribution in [3.8, 4) is 0 Å². The quantitative estimate of drug-likeness (QED) is 0.877. The lowest BCUT2D eigenvalue weighted by Gasteiger charge is -2.31. The molecular weight excluding hydrogens is 347 g/mol. The zero-order chi connectivity index (χ0) is 15.0. The number of nitrogens with zero attached hydrogens (tertiary/aromatic N) is 1. The van der Waals surface area contributed by atoms with Crippen molar-refractivity contribution in [1.29, 1.82) is 0 Å². The number of amides is 1. The third-order valence-electron chi connectivity index (χ3n) is 4.24. The molecule has 0 aliphatic carbocycles. The van der Waals surface area contributed by atoms with Gasteiger partial charge in [-0.2, -0.15) is 0 Å². The number of carbonyl (C=O) groups excluding carboxylic acids is 1. The monoisotopic (exact) mass is 364 g/mol. The Balaban J connectivity index is 0.00000176. The Kier molecular flexibility index (Phi) is 5.97. The van der Waals surface area contributed by atoms with Gasteiger partial charge in [0, 0.05) is 19.6 Å². The van der Waals surface area contributed by atoms with Crippen molar-refractivity contribution in [2.45, 2.75) is 38.0 Å². The van der Waals surface area contributed by atoms with E-state index in [1.54, 1.807) is 6.07 Å². The molecule has 2 heterocycles. The average molecular weight is 366 g/mol. The Morgan fingerprint density at radius 3 is 2.82 bits per heavy atom. The molecule has 2 N–H and O–H groups in total. The molecule has 122 valence electrons. The first-order valence-corrected chi connectivity index (χ1v) is 7.95. The molecule has 0 saturated carbocycles. The Labute approximate surface area is 146 Å². The van der Waals surface area contributed by atoms with Gasteiger partial charge in [0.1, 0.15) is 6.10 Å². The molecule has 1 fully saturated rings. The van der Waals surface area contributed by atoms with Gasteiger partial charge in [0.25, 0.3) is 5.91 Å². The van der Waals surface area contributed by atoms with E-state index in [0.29, 0.717) is 29.7 Å². The molecule has 3 rings (SSSR count). The van der Waals surface area contributed by atoms with Gasteiger partial charge in [-0.1, -0.05) is 29.3 Å². The summed E-state index contributed by atoms with van der Waals surface area (Å²) in [7, 11) is 0. The minimum Gasteiger partial charge on any atom is -0.364 e. The van der Waals surface area contributed by atoms with Crippen LogP contribution in [0, 0.1) is 0 Å².